The van der Waals surface area contributed by atoms with E-state index in [1.165, 1.54) is 0 Å². The minimum Gasteiger partial charge on any atom is -0.496 e. The monoisotopic (exact) mass is 370 g/mol. The molecule has 0 aromatic heterocycles. The molecule has 1 aliphatic heterocycles. The molecule has 27 heavy (non-hydrogen) atoms. The lowest BCUT2D eigenvalue weighted by Crippen LogP contribution is -2.34. The number of benzene rings is 2. The first kappa shape index (κ1) is 18.6. The molecular weight excluding hydrogens is 348 g/mol. The van der Waals surface area contributed by atoms with Gasteiger partial charge in [0.2, 0.25) is 11.8 Å². The van der Waals surface area contributed by atoms with E-state index in [1.54, 1.807) is 39.5 Å². The molecule has 0 saturated carbocycles. The van der Waals surface area contributed by atoms with E-state index in [4.69, 9.17) is 14.2 Å². The van der Waals surface area contributed by atoms with E-state index in [0.29, 0.717) is 22.9 Å². The molecule has 1 atom stereocenters. The van der Waals surface area contributed by atoms with Crippen LogP contribution in [0.1, 0.15) is 23.5 Å². The minimum absolute atomic E-state index is 0.117. The van der Waals surface area contributed by atoms with Crippen LogP contribution in [-0.4, -0.2) is 33.1 Å². The van der Waals surface area contributed by atoms with Crippen molar-refractivity contribution in [1.29, 1.82) is 0 Å². The van der Waals surface area contributed by atoms with Gasteiger partial charge < -0.3 is 24.8 Å². The number of hydrogen-bond donors (Lipinski definition) is 2. The van der Waals surface area contributed by atoms with E-state index < -0.39 is 5.92 Å². The van der Waals surface area contributed by atoms with Gasteiger partial charge in [0.25, 0.3) is 0 Å². The molecule has 1 heterocycles. The number of fused-ring (bicyclic) bond motifs is 1. The molecule has 0 radical (unpaired) electrons. The van der Waals surface area contributed by atoms with E-state index >= 15 is 0 Å². The van der Waals surface area contributed by atoms with Gasteiger partial charge in [-0.2, -0.15) is 0 Å². The van der Waals surface area contributed by atoms with Gasteiger partial charge in [0.15, 0.2) is 11.5 Å². The van der Waals surface area contributed by atoms with Gasteiger partial charge in [-0.25, -0.2) is 0 Å². The molecule has 0 aliphatic carbocycles. The normalized spacial score (nSPS) is 15.4. The molecule has 2 aromatic rings. The molecule has 7 nitrogen and oxygen atoms in total. The lowest BCUT2D eigenvalue weighted by atomic mass is 9.90. The Morgan fingerprint density at radius 3 is 2.44 bits per heavy atom. The summed E-state index contributed by atoms with van der Waals surface area (Å²) in [5, 5.41) is 5.69. The Morgan fingerprint density at radius 1 is 1.07 bits per heavy atom. The highest BCUT2D eigenvalue weighted by atomic mass is 16.5. The van der Waals surface area contributed by atoms with Crippen LogP contribution in [0.2, 0.25) is 0 Å². The Morgan fingerprint density at radius 2 is 1.74 bits per heavy atom. The molecule has 3 rings (SSSR count). The maximum Gasteiger partial charge on any atom is 0.228 e. The first-order valence-electron chi connectivity index (χ1n) is 8.52. The maximum atomic E-state index is 12.8. The molecule has 0 bridgehead atoms. The third-order valence-corrected chi connectivity index (χ3v) is 4.56. The Kier molecular flexibility index (Phi) is 5.49. The van der Waals surface area contributed by atoms with Crippen molar-refractivity contribution >= 4 is 17.5 Å². The van der Waals surface area contributed by atoms with E-state index in [9.17, 15) is 9.59 Å². The van der Waals surface area contributed by atoms with Gasteiger partial charge in [-0.3, -0.25) is 9.59 Å². The number of methoxy groups -OCH3 is 3. The number of para-hydroxylation sites is 1. The van der Waals surface area contributed by atoms with Crippen molar-refractivity contribution < 1.29 is 23.8 Å². The summed E-state index contributed by atoms with van der Waals surface area (Å²) in [5.41, 5.74) is 2.24. The first-order chi connectivity index (χ1) is 13.1. The highest BCUT2D eigenvalue weighted by Crippen LogP contribution is 2.35. The third kappa shape index (κ3) is 3.81. The fourth-order valence-corrected chi connectivity index (χ4v) is 3.18. The predicted molar refractivity (Wildman–Crippen MR) is 100 cm³/mol. The third-order valence-electron chi connectivity index (χ3n) is 4.56. The highest BCUT2D eigenvalue weighted by Gasteiger charge is 2.30. The quantitative estimate of drug-likeness (QED) is 0.816. The van der Waals surface area contributed by atoms with E-state index in [1.807, 2.05) is 18.2 Å². The number of anilines is 1. The Hall–Kier alpha value is -3.22. The molecule has 2 amide bonds. The molecule has 0 fully saturated rings. The van der Waals surface area contributed by atoms with Crippen LogP contribution in [0.5, 0.6) is 17.2 Å². The molecule has 2 N–H and O–H groups in total. The average Bonchev–Trinajstić information content (AvgIpc) is 2.70. The summed E-state index contributed by atoms with van der Waals surface area (Å²) in [6, 6.07) is 10.8. The molecule has 0 saturated heterocycles. The molecular formula is C20H22N2O5. The van der Waals surface area contributed by atoms with Crippen molar-refractivity contribution in [2.24, 2.45) is 0 Å². The van der Waals surface area contributed by atoms with Crippen molar-refractivity contribution in [1.82, 2.24) is 5.32 Å². The summed E-state index contributed by atoms with van der Waals surface area (Å²) in [7, 11) is 4.64. The van der Waals surface area contributed by atoms with Gasteiger partial charge in [-0.05, 0) is 17.7 Å². The largest absolute Gasteiger partial charge is 0.496 e. The number of hydrogen-bond acceptors (Lipinski definition) is 5. The van der Waals surface area contributed by atoms with Crippen molar-refractivity contribution in [2.45, 2.75) is 18.9 Å². The van der Waals surface area contributed by atoms with Crippen LogP contribution in [0.3, 0.4) is 0 Å². The molecule has 2 aromatic carbocycles. The number of carbonyl (C=O) groups is 2. The molecule has 1 unspecified atom stereocenters. The van der Waals surface area contributed by atoms with Crippen molar-refractivity contribution in [3.8, 4) is 17.2 Å². The average molecular weight is 370 g/mol. The summed E-state index contributed by atoms with van der Waals surface area (Å²) in [6.07, 6.45) is 0.117. The number of amides is 2. The lowest BCUT2D eigenvalue weighted by Gasteiger charge is -2.25. The van der Waals surface area contributed by atoms with Crippen LogP contribution in [0, 0.1) is 0 Å². The van der Waals surface area contributed by atoms with Crippen molar-refractivity contribution in [3.63, 3.8) is 0 Å². The van der Waals surface area contributed by atoms with Crippen LogP contribution >= 0.6 is 0 Å². The van der Waals surface area contributed by atoms with Gasteiger partial charge in [0, 0.05) is 30.3 Å². The van der Waals surface area contributed by atoms with Gasteiger partial charge in [0.05, 0.1) is 27.2 Å². The second kappa shape index (κ2) is 7.99. The van der Waals surface area contributed by atoms with E-state index in [0.717, 1.165) is 11.1 Å². The summed E-state index contributed by atoms with van der Waals surface area (Å²) in [4.78, 5) is 24.7. The molecule has 1 aliphatic rings. The fraction of sp³-hybridized carbons (Fsp3) is 0.300. The van der Waals surface area contributed by atoms with Crippen LogP contribution < -0.4 is 24.8 Å². The van der Waals surface area contributed by atoms with Gasteiger partial charge in [-0.1, -0.05) is 18.2 Å². The number of ether oxygens (including phenoxy) is 3. The van der Waals surface area contributed by atoms with Crippen LogP contribution in [0.4, 0.5) is 5.69 Å². The minimum atomic E-state index is -0.527. The van der Waals surface area contributed by atoms with E-state index in [2.05, 4.69) is 10.6 Å². The van der Waals surface area contributed by atoms with Gasteiger partial charge in [0.1, 0.15) is 5.75 Å². The second-order valence-corrected chi connectivity index (χ2v) is 6.13. The predicted octanol–water partition coefficient (Wildman–Crippen LogP) is 2.45. The molecule has 142 valence electrons. The van der Waals surface area contributed by atoms with Crippen LogP contribution in [0.25, 0.3) is 0 Å². The first-order valence-corrected chi connectivity index (χ1v) is 8.52. The Bertz CT molecular complexity index is 865. The second-order valence-electron chi connectivity index (χ2n) is 6.13. The Labute approximate surface area is 157 Å². The summed E-state index contributed by atoms with van der Waals surface area (Å²) >= 11 is 0. The van der Waals surface area contributed by atoms with Crippen molar-refractivity contribution in [2.75, 3.05) is 26.6 Å². The van der Waals surface area contributed by atoms with E-state index in [-0.39, 0.29) is 24.8 Å². The number of carbonyl (C=O) groups excluding carboxylic acids is 2. The van der Waals surface area contributed by atoms with Crippen LogP contribution in [-0.2, 0) is 16.1 Å². The van der Waals surface area contributed by atoms with Crippen LogP contribution in [0.15, 0.2) is 36.4 Å². The highest BCUT2D eigenvalue weighted by molar-refractivity contribution is 6.01. The fourth-order valence-electron chi connectivity index (χ4n) is 3.18. The van der Waals surface area contributed by atoms with Gasteiger partial charge >= 0.3 is 0 Å². The summed E-state index contributed by atoms with van der Waals surface area (Å²) in [6.45, 7) is 0.239. The summed E-state index contributed by atoms with van der Waals surface area (Å²) < 4.78 is 16.0. The van der Waals surface area contributed by atoms with Crippen molar-refractivity contribution in [3.05, 3.63) is 47.5 Å². The lowest BCUT2D eigenvalue weighted by molar-refractivity contribution is -0.126. The number of nitrogens with one attached hydrogen (secondary N) is 2. The Balaban J connectivity index is 1.79. The topological polar surface area (TPSA) is 85.9 Å². The zero-order chi connectivity index (χ0) is 19.4. The summed E-state index contributed by atoms with van der Waals surface area (Å²) in [5.74, 6) is 0.759. The number of rotatable bonds is 6. The zero-order valence-electron chi connectivity index (χ0n) is 15.5. The maximum absolute atomic E-state index is 12.8. The standard InChI is InChI=1S/C20H22N2O5/c1-25-16-10-18(27-3)17(26-2)8-12(16)11-21-20(24)14-9-19(23)22-15-7-5-4-6-13(14)15/h4-8,10,14H,9,11H2,1-3H3,(H,21,24)(H,22,23). The van der Waals surface area contributed by atoms with Gasteiger partial charge in [-0.15, -0.1) is 0 Å². The molecule has 7 heteroatoms. The zero-order valence-corrected chi connectivity index (χ0v) is 15.5. The molecule has 0 spiro atoms. The smallest absolute Gasteiger partial charge is 0.228 e. The SMILES string of the molecule is COc1cc(OC)c(OC)cc1CNC(=O)C1CC(=O)Nc2ccccc21.